The molecule has 0 radical (unpaired) electrons. The van der Waals surface area contributed by atoms with Crippen molar-refractivity contribution in [2.75, 3.05) is 25.4 Å². The average Bonchev–Trinajstić information content (AvgIpc) is 2.36. The third kappa shape index (κ3) is 7.20. The summed E-state index contributed by atoms with van der Waals surface area (Å²) in [6.45, 7) is 1.75. The highest BCUT2D eigenvalue weighted by molar-refractivity contribution is 7.99. The van der Waals surface area contributed by atoms with Crippen molar-refractivity contribution in [3.05, 3.63) is 30.3 Å². The monoisotopic (exact) mass is 270 g/mol. The van der Waals surface area contributed by atoms with Crippen LogP contribution >= 0.6 is 24.0 Å². The molecule has 17 heavy (non-hydrogen) atoms. The van der Waals surface area contributed by atoms with E-state index in [9.17, 15) is 0 Å². The van der Waals surface area contributed by atoms with Gasteiger partial charge in [-0.3, -0.25) is 0 Å². The Bertz CT molecular complexity index is 320. The van der Waals surface area contributed by atoms with E-state index in [-0.39, 0.29) is 6.61 Å². The first-order valence-corrected chi connectivity index (χ1v) is 7.02. The first kappa shape index (κ1) is 14.3. The number of aliphatic hydroxyl groups excluding tert-OH is 1. The topological polar surface area (TPSA) is 44.3 Å². The number of benzene rings is 1. The third-order valence-corrected chi connectivity index (χ3v) is 3.32. The van der Waals surface area contributed by atoms with Crippen molar-refractivity contribution in [3.63, 3.8) is 0 Å². The highest BCUT2D eigenvalue weighted by atomic mass is 32.2. The number of nitrogens with one attached hydrogen (secondary N) is 2. The molecule has 0 saturated carbocycles. The SMILES string of the molecule is OCCCNC(=S)NCCSc1ccccc1. The number of hydrogen-bond donors (Lipinski definition) is 3. The molecule has 0 aromatic heterocycles. The molecule has 1 aromatic rings. The Morgan fingerprint density at radius 1 is 1.18 bits per heavy atom. The second kappa shape index (κ2) is 9.27. The Morgan fingerprint density at radius 3 is 2.59 bits per heavy atom. The molecule has 5 heteroatoms. The zero-order valence-corrected chi connectivity index (χ0v) is 11.3. The van der Waals surface area contributed by atoms with Crippen molar-refractivity contribution in [1.82, 2.24) is 10.6 Å². The van der Waals surface area contributed by atoms with E-state index in [1.54, 1.807) is 11.8 Å². The minimum Gasteiger partial charge on any atom is -0.396 e. The third-order valence-electron chi connectivity index (χ3n) is 2.02. The summed E-state index contributed by atoms with van der Waals surface area (Å²) in [5.41, 5.74) is 0. The predicted octanol–water partition coefficient (Wildman–Crippen LogP) is 1.63. The fourth-order valence-electron chi connectivity index (χ4n) is 1.19. The van der Waals surface area contributed by atoms with Crippen molar-refractivity contribution in [2.24, 2.45) is 0 Å². The minimum atomic E-state index is 0.194. The van der Waals surface area contributed by atoms with Crippen LogP contribution in [0.4, 0.5) is 0 Å². The van der Waals surface area contributed by atoms with Crippen LogP contribution in [0.1, 0.15) is 6.42 Å². The van der Waals surface area contributed by atoms with Crippen LogP contribution in [0.5, 0.6) is 0 Å². The van der Waals surface area contributed by atoms with E-state index in [4.69, 9.17) is 17.3 Å². The second-order valence-corrected chi connectivity index (χ2v) is 5.00. The summed E-state index contributed by atoms with van der Waals surface area (Å²) < 4.78 is 0. The van der Waals surface area contributed by atoms with Crippen molar-refractivity contribution in [2.45, 2.75) is 11.3 Å². The van der Waals surface area contributed by atoms with Gasteiger partial charge in [0.1, 0.15) is 0 Å². The first-order chi connectivity index (χ1) is 8.33. The van der Waals surface area contributed by atoms with Crippen LogP contribution in [-0.4, -0.2) is 35.7 Å². The maximum Gasteiger partial charge on any atom is 0.166 e. The maximum absolute atomic E-state index is 8.61. The summed E-state index contributed by atoms with van der Waals surface area (Å²) in [5.74, 6) is 0.978. The van der Waals surface area contributed by atoms with Gasteiger partial charge in [-0.2, -0.15) is 0 Å². The van der Waals surface area contributed by atoms with Crippen LogP contribution in [0.3, 0.4) is 0 Å². The van der Waals surface area contributed by atoms with Gasteiger partial charge in [-0.05, 0) is 30.8 Å². The molecule has 0 heterocycles. The second-order valence-electron chi connectivity index (χ2n) is 3.42. The molecule has 3 nitrogen and oxygen atoms in total. The van der Waals surface area contributed by atoms with Gasteiger partial charge in [0.05, 0.1) is 0 Å². The Morgan fingerprint density at radius 2 is 1.88 bits per heavy atom. The van der Waals surface area contributed by atoms with E-state index in [1.165, 1.54) is 4.90 Å². The van der Waals surface area contributed by atoms with Gasteiger partial charge in [-0.15, -0.1) is 11.8 Å². The van der Waals surface area contributed by atoms with Crippen LogP contribution in [-0.2, 0) is 0 Å². The van der Waals surface area contributed by atoms with Gasteiger partial charge in [0.2, 0.25) is 0 Å². The van der Waals surface area contributed by atoms with Crippen molar-refractivity contribution in [1.29, 1.82) is 0 Å². The summed E-state index contributed by atoms with van der Waals surface area (Å²) in [6, 6.07) is 10.3. The van der Waals surface area contributed by atoms with Crippen molar-refractivity contribution in [3.8, 4) is 0 Å². The molecular weight excluding hydrogens is 252 g/mol. The number of aliphatic hydroxyl groups is 1. The van der Waals surface area contributed by atoms with Crippen LogP contribution in [0, 0.1) is 0 Å². The molecule has 0 aliphatic carbocycles. The van der Waals surface area contributed by atoms with Crippen LogP contribution in [0.15, 0.2) is 35.2 Å². The Labute approximate surface area is 112 Å². The molecule has 0 bridgehead atoms. The molecule has 0 spiro atoms. The molecule has 0 aliphatic heterocycles. The number of thioether (sulfide) groups is 1. The first-order valence-electron chi connectivity index (χ1n) is 5.63. The van der Waals surface area contributed by atoms with Crippen LogP contribution in [0.25, 0.3) is 0 Å². The lowest BCUT2D eigenvalue weighted by molar-refractivity contribution is 0.289. The summed E-state index contributed by atoms with van der Waals surface area (Å²) in [6.07, 6.45) is 0.723. The van der Waals surface area contributed by atoms with E-state index >= 15 is 0 Å². The molecule has 0 saturated heterocycles. The quantitative estimate of drug-likeness (QED) is 0.399. The van der Waals surface area contributed by atoms with Gasteiger partial charge in [0, 0.05) is 30.3 Å². The number of hydrogen-bond acceptors (Lipinski definition) is 3. The zero-order chi connectivity index (χ0) is 12.3. The van der Waals surface area contributed by atoms with Gasteiger partial charge in [-0.25, -0.2) is 0 Å². The molecule has 0 unspecified atom stereocenters. The van der Waals surface area contributed by atoms with Gasteiger partial charge >= 0.3 is 0 Å². The van der Waals surface area contributed by atoms with Gasteiger partial charge in [0.25, 0.3) is 0 Å². The smallest absolute Gasteiger partial charge is 0.166 e. The molecule has 94 valence electrons. The van der Waals surface area contributed by atoms with E-state index in [0.717, 1.165) is 18.7 Å². The average molecular weight is 270 g/mol. The molecule has 0 aliphatic rings. The van der Waals surface area contributed by atoms with Gasteiger partial charge in [0.15, 0.2) is 5.11 Å². The molecule has 0 fully saturated rings. The molecule has 1 rings (SSSR count). The van der Waals surface area contributed by atoms with E-state index < -0.39 is 0 Å². The molecular formula is C12H18N2OS2. The lowest BCUT2D eigenvalue weighted by atomic mass is 10.4. The zero-order valence-electron chi connectivity index (χ0n) is 9.69. The lowest BCUT2D eigenvalue weighted by Crippen LogP contribution is -2.37. The lowest BCUT2D eigenvalue weighted by Gasteiger charge is -2.09. The Kier molecular flexibility index (Phi) is 7.79. The molecule has 0 amide bonds. The fourth-order valence-corrected chi connectivity index (χ4v) is 2.19. The van der Waals surface area contributed by atoms with E-state index in [0.29, 0.717) is 11.7 Å². The summed E-state index contributed by atoms with van der Waals surface area (Å²) >= 11 is 6.89. The summed E-state index contributed by atoms with van der Waals surface area (Å²) in [4.78, 5) is 1.27. The maximum atomic E-state index is 8.61. The van der Waals surface area contributed by atoms with Crippen molar-refractivity contribution >= 4 is 29.1 Å². The predicted molar refractivity (Wildman–Crippen MR) is 77.5 cm³/mol. The Hall–Kier alpha value is -0.780. The summed E-state index contributed by atoms with van der Waals surface area (Å²) in [7, 11) is 0. The number of rotatable bonds is 7. The van der Waals surface area contributed by atoms with E-state index in [2.05, 4.69) is 22.8 Å². The standard InChI is InChI=1S/C12H18N2OS2/c15-9-4-7-13-12(16)14-8-10-17-11-5-2-1-3-6-11/h1-3,5-6,15H,4,7-10H2,(H2,13,14,16). The fraction of sp³-hybridized carbons (Fsp3) is 0.417. The van der Waals surface area contributed by atoms with Crippen molar-refractivity contribution < 1.29 is 5.11 Å². The highest BCUT2D eigenvalue weighted by Crippen LogP contribution is 2.15. The van der Waals surface area contributed by atoms with E-state index in [1.807, 2.05) is 18.2 Å². The molecule has 0 atom stereocenters. The Balaban J connectivity index is 2.02. The summed E-state index contributed by atoms with van der Waals surface area (Å²) in [5, 5.41) is 15.4. The largest absolute Gasteiger partial charge is 0.396 e. The molecule has 1 aromatic carbocycles. The number of thiocarbonyl (C=S) groups is 1. The highest BCUT2D eigenvalue weighted by Gasteiger charge is 1.95. The van der Waals surface area contributed by atoms with Gasteiger partial charge in [-0.1, -0.05) is 18.2 Å². The van der Waals surface area contributed by atoms with Crippen LogP contribution < -0.4 is 10.6 Å². The normalized spacial score (nSPS) is 9.94. The molecule has 3 N–H and O–H groups in total. The van der Waals surface area contributed by atoms with Gasteiger partial charge < -0.3 is 15.7 Å². The van der Waals surface area contributed by atoms with Crippen LogP contribution in [0.2, 0.25) is 0 Å². The minimum absolute atomic E-state index is 0.194.